The number of carbonyl (C=O) groups excluding carboxylic acids is 1. The normalized spacial score (nSPS) is 8.53. The Morgan fingerprint density at radius 1 is 1.11 bits per heavy atom. The molecule has 0 heterocycles. The molecule has 1 aromatic rings. The van der Waals surface area contributed by atoms with Crippen LogP contribution in [-0.4, -0.2) is 13.1 Å². The quantitative estimate of drug-likeness (QED) is 0.722. The molecule has 2 nitrogen and oxygen atoms in total. The molecule has 0 radical (unpaired) electrons. The van der Waals surface area contributed by atoms with Gasteiger partial charge in [-0.2, -0.15) is 0 Å². The van der Waals surface area contributed by atoms with E-state index in [0.29, 0.717) is 6.42 Å². The van der Waals surface area contributed by atoms with Crippen molar-refractivity contribution in [3.05, 3.63) is 35.4 Å². The summed E-state index contributed by atoms with van der Waals surface area (Å²) in [7, 11) is 1.42. The van der Waals surface area contributed by atoms with Crippen molar-refractivity contribution in [3.63, 3.8) is 0 Å². The first-order chi connectivity index (χ1) is 9.13. The lowest BCUT2D eigenvalue weighted by molar-refractivity contribution is -0.140. The Kier molecular flexibility index (Phi) is 15.5. The molecule has 0 aliphatic rings. The van der Waals surface area contributed by atoms with Crippen LogP contribution in [0.1, 0.15) is 58.1 Å². The summed E-state index contributed by atoms with van der Waals surface area (Å²) >= 11 is 0. The van der Waals surface area contributed by atoms with Gasteiger partial charge in [-0.05, 0) is 25.3 Å². The highest BCUT2D eigenvalue weighted by atomic mass is 16.5. The van der Waals surface area contributed by atoms with Crippen molar-refractivity contribution in [2.45, 2.75) is 60.3 Å². The fourth-order valence-electron chi connectivity index (χ4n) is 1.29. The molecule has 1 rings (SSSR count). The number of methoxy groups -OCH3 is 1. The number of carbonyl (C=O) groups is 1. The van der Waals surface area contributed by atoms with Gasteiger partial charge < -0.3 is 4.74 Å². The van der Waals surface area contributed by atoms with Crippen LogP contribution >= 0.6 is 0 Å². The van der Waals surface area contributed by atoms with E-state index in [1.54, 1.807) is 0 Å². The van der Waals surface area contributed by atoms with Crippen LogP contribution in [0, 0.1) is 6.92 Å². The van der Waals surface area contributed by atoms with Crippen LogP contribution in [0.5, 0.6) is 0 Å². The maximum absolute atomic E-state index is 10.8. The van der Waals surface area contributed by atoms with Gasteiger partial charge in [-0.15, -0.1) is 0 Å². The molecule has 0 spiro atoms. The zero-order valence-corrected chi connectivity index (χ0v) is 13.5. The van der Waals surface area contributed by atoms with Crippen LogP contribution in [0.2, 0.25) is 0 Å². The molecular weight excluding hydrogens is 236 g/mol. The topological polar surface area (TPSA) is 26.3 Å². The highest BCUT2D eigenvalue weighted by Gasteiger charge is 1.99. The van der Waals surface area contributed by atoms with E-state index < -0.39 is 0 Å². The minimum absolute atomic E-state index is 0.128. The van der Waals surface area contributed by atoms with Crippen LogP contribution < -0.4 is 0 Å². The summed E-state index contributed by atoms with van der Waals surface area (Å²) < 4.78 is 4.57. The van der Waals surface area contributed by atoms with Crippen LogP contribution in [0.25, 0.3) is 0 Å². The minimum Gasteiger partial charge on any atom is -0.469 e. The molecule has 0 aliphatic carbocycles. The largest absolute Gasteiger partial charge is 0.469 e. The number of rotatable bonds is 4. The fourth-order valence-corrected chi connectivity index (χ4v) is 1.29. The molecule has 0 saturated heterocycles. The molecule has 0 saturated carbocycles. The number of esters is 1. The summed E-state index contributed by atoms with van der Waals surface area (Å²) in [5.41, 5.74) is 2.54. The number of hydrogen-bond acceptors (Lipinski definition) is 2. The van der Waals surface area contributed by atoms with Gasteiger partial charge in [0.1, 0.15) is 0 Å². The van der Waals surface area contributed by atoms with Gasteiger partial charge in [0.2, 0.25) is 0 Å². The first kappa shape index (κ1) is 20.0. The molecule has 2 heteroatoms. The fraction of sp³-hybridized carbons (Fsp3) is 0.588. The smallest absolute Gasteiger partial charge is 0.305 e. The molecule has 0 bridgehead atoms. The second-order valence-electron chi connectivity index (χ2n) is 4.12. The van der Waals surface area contributed by atoms with Gasteiger partial charge in [0.25, 0.3) is 0 Å². The highest BCUT2D eigenvalue weighted by molar-refractivity contribution is 5.69. The molecule has 0 unspecified atom stereocenters. The number of hydrogen-bond donors (Lipinski definition) is 0. The Morgan fingerprint density at radius 3 is 2.00 bits per heavy atom. The van der Waals surface area contributed by atoms with Gasteiger partial charge in [-0.3, -0.25) is 4.79 Å². The van der Waals surface area contributed by atoms with Crippen LogP contribution in [0.4, 0.5) is 0 Å². The van der Waals surface area contributed by atoms with E-state index in [0.717, 1.165) is 12.8 Å². The van der Waals surface area contributed by atoms with Gasteiger partial charge >= 0.3 is 5.97 Å². The molecule has 0 atom stereocenters. The Bertz CT molecular complexity index is 302. The Hall–Kier alpha value is -1.31. The Labute approximate surface area is 119 Å². The SMILES string of the molecule is CC.CCC.COC(=O)CCCc1ccc(C)cc1. The van der Waals surface area contributed by atoms with Crippen molar-refractivity contribution in [2.24, 2.45) is 0 Å². The van der Waals surface area contributed by atoms with E-state index in [-0.39, 0.29) is 5.97 Å². The predicted molar refractivity (Wildman–Crippen MR) is 83.4 cm³/mol. The van der Waals surface area contributed by atoms with Crippen LogP contribution in [0.15, 0.2) is 24.3 Å². The molecule has 0 fully saturated rings. The van der Waals surface area contributed by atoms with Crippen molar-refractivity contribution in [3.8, 4) is 0 Å². The van der Waals surface area contributed by atoms with E-state index in [4.69, 9.17) is 0 Å². The number of ether oxygens (including phenoxy) is 1. The lowest BCUT2D eigenvalue weighted by atomic mass is 10.1. The van der Waals surface area contributed by atoms with E-state index in [9.17, 15) is 4.79 Å². The molecule has 19 heavy (non-hydrogen) atoms. The van der Waals surface area contributed by atoms with Crippen LogP contribution in [-0.2, 0) is 16.0 Å². The number of aryl methyl sites for hydroxylation is 2. The second kappa shape index (κ2) is 14.7. The molecule has 1 aromatic carbocycles. The average molecular weight is 266 g/mol. The third-order valence-electron chi connectivity index (χ3n) is 2.19. The molecule has 0 aliphatic heterocycles. The Balaban J connectivity index is 0. The van der Waals surface area contributed by atoms with Crippen molar-refractivity contribution in [1.82, 2.24) is 0 Å². The first-order valence-corrected chi connectivity index (χ1v) is 7.26. The Morgan fingerprint density at radius 2 is 1.58 bits per heavy atom. The first-order valence-electron chi connectivity index (χ1n) is 7.26. The molecule has 110 valence electrons. The summed E-state index contributed by atoms with van der Waals surface area (Å²) in [6.07, 6.45) is 3.55. The van der Waals surface area contributed by atoms with Gasteiger partial charge in [0.05, 0.1) is 7.11 Å². The third kappa shape index (κ3) is 12.9. The van der Waals surface area contributed by atoms with Crippen molar-refractivity contribution in [1.29, 1.82) is 0 Å². The minimum atomic E-state index is -0.128. The summed E-state index contributed by atoms with van der Waals surface area (Å²) in [5, 5.41) is 0. The molecular formula is C17H30O2. The van der Waals surface area contributed by atoms with Gasteiger partial charge in [-0.25, -0.2) is 0 Å². The van der Waals surface area contributed by atoms with Crippen molar-refractivity contribution in [2.75, 3.05) is 7.11 Å². The predicted octanol–water partition coefficient (Wildman–Crippen LogP) is 4.93. The second-order valence-corrected chi connectivity index (χ2v) is 4.12. The summed E-state index contributed by atoms with van der Waals surface area (Å²) in [5.74, 6) is -0.128. The molecule has 0 aromatic heterocycles. The van der Waals surface area contributed by atoms with Gasteiger partial charge in [0.15, 0.2) is 0 Å². The van der Waals surface area contributed by atoms with Crippen molar-refractivity contribution >= 4 is 5.97 Å². The standard InChI is InChI=1S/C12H16O2.C3H8.C2H6/c1-10-6-8-11(9-7-10)4-3-5-12(13)14-2;1-3-2;1-2/h6-9H,3-5H2,1-2H3;3H2,1-2H3;1-2H3. The summed E-state index contributed by atoms with van der Waals surface area (Å²) in [4.78, 5) is 10.8. The zero-order chi connectivity index (χ0) is 15.1. The van der Waals surface area contributed by atoms with Crippen molar-refractivity contribution < 1.29 is 9.53 Å². The van der Waals surface area contributed by atoms with E-state index in [2.05, 4.69) is 49.8 Å². The summed E-state index contributed by atoms with van der Waals surface area (Å²) in [6, 6.07) is 8.39. The van der Waals surface area contributed by atoms with E-state index >= 15 is 0 Å². The number of benzene rings is 1. The van der Waals surface area contributed by atoms with Crippen LogP contribution in [0.3, 0.4) is 0 Å². The lowest BCUT2D eigenvalue weighted by Gasteiger charge is -2.01. The average Bonchev–Trinajstić information content (AvgIpc) is 2.44. The highest BCUT2D eigenvalue weighted by Crippen LogP contribution is 2.07. The third-order valence-corrected chi connectivity index (χ3v) is 2.19. The van der Waals surface area contributed by atoms with E-state index in [1.165, 1.54) is 24.7 Å². The lowest BCUT2D eigenvalue weighted by Crippen LogP contribution is -2.00. The summed E-state index contributed by atoms with van der Waals surface area (Å²) in [6.45, 7) is 10.3. The van der Waals surface area contributed by atoms with E-state index in [1.807, 2.05) is 13.8 Å². The maximum atomic E-state index is 10.8. The monoisotopic (exact) mass is 266 g/mol. The van der Waals surface area contributed by atoms with Gasteiger partial charge in [0, 0.05) is 6.42 Å². The zero-order valence-electron chi connectivity index (χ0n) is 13.5. The molecule has 0 N–H and O–H groups in total. The maximum Gasteiger partial charge on any atom is 0.305 e. The molecule has 0 amide bonds. The van der Waals surface area contributed by atoms with Gasteiger partial charge in [-0.1, -0.05) is 63.9 Å².